The van der Waals surface area contributed by atoms with Crippen molar-refractivity contribution in [3.05, 3.63) is 59.7 Å². The molecule has 1 aliphatic heterocycles. The average molecular weight is 413 g/mol. The monoisotopic (exact) mass is 412 g/mol. The highest BCUT2D eigenvalue weighted by atomic mass is 16.5. The van der Waals surface area contributed by atoms with Crippen molar-refractivity contribution in [2.45, 2.75) is 39.2 Å². The van der Waals surface area contributed by atoms with Gasteiger partial charge in [0.1, 0.15) is 5.75 Å². The van der Waals surface area contributed by atoms with Crippen LogP contribution in [0.1, 0.15) is 43.1 Å². The van der Waals surface area contributed by atoms with Crippen LogP contribution in [0.5, 0.6) is 5.75 Å². The minimum absolute atomic E-state index is 0.126. The molecule has 164 valence electrons. The van der Waals surface area contributed by atoms with Crippen molar-refractivity contribution >= 4 is 11.5 Å². The SMILES string of the molecule is CC.CCC(Cc1ccc(O)cc1)(C(=O)c1ccc(N2CCOCC2)cc1)N(C)C. The quantitative estimate of drug-likeness (QED) is 0.684. The van der Waals surface area contributed by atoms with Gasteiger partial charge in [-0.1, -0.05) is 32.9 Å². The number of hydrogen-bond acceptors (Lipinski definition) is 5. The second kappa shape index (κ2) is 11.1. The highest BCUT2D eigenvalue weighted by Crippen LogP contribution is 2.29. The smallest absolute Gasteiger partial charge is 0.183 e. The number of rotatable bonds is 7. The summed E-state index contributed by atoms with van der Waals surface area (Å²) < 4.78 is 5.42. The summed E-state index contributed by atoms with van der Waals surface area (Å²) >= 11 is 0. The van der Waals surface area contributed by atoms with Gasteiger partial charge in [-0.15, -0.1) is 0 Å². The molecule has 1 fully saturated rings. The first-order valence-electron chi connectivity index (χ1n) is 10.9. The molecule has 2 aromatic carbocycles. The normalized spacial score (nSPS) is 15.9. The second-order valence-corrected chi connectivity index (χ2v) is 7.60. The lowest BCUT2D eigenvalue weighted by atomic mass is 9.80. The Balaban J connectivity index is 0.00000155. The Morgan fingerprint density at radius 1 is 1.03 bits per heavy atom. The number of carbonyl (C=O) groups excluding carboxylic acids is 1. The van der Waals surface area contributed by atoms with Crippen LogP contribution in [0.15, 0.2) is 48.5 Å². The predicted octanol–water partition coefficient (Wildman–Crippen LogP) is 4.39. The average Bonchev–Trinajstić information content (AvgIpc) is 2.80. The first kappa shape index (κ1) is 23.9. The zero-order valence-electron chi connectivity index (χ0n) is 19.0. The summed E-state index contributed by atoms with van der Waals surface area (Å²) in [5, 5.41) is 9.55. The lowest BCUT2D eigenvalue weighted by molar-refractivity contribution is 0.0666. The Kier molecular flexibility index (Phi) is 8.88. The molecule has 0 amide bonds. The molecule has 0 radical (unpaired) electrons. The van der Waals surface area contributed by atoms with Crippen LogP contribution in [0.3, 0.4) is 0 Å². The Bertz CT molecular complexity index is 781. The molecule has 0 bridgehead atoms. The third-order valence-corrected chi connectivity index (χ3v) is 5.80. The number of hydrogen-bond donors (Lipinski definition) is 1. The van der Waals surface area contributed by atoms with Gasteiger partial charge in [-0.25, -0.2) is 0 Å². The summed E-state index contributed by atoms with van der Waals surface area (Å²) in [5.41, 5.74) is 2.26. The number of phenols is 1. The maximum Gasteiger partial charge on any atom is 0.183 e. The van der Waals surface area contributed by atoms with Gasteiger partial charge in [0.15, 0.2) is 5.78 Å². The third kappa shape index (κ3) is 5.41. The highest BCUT2D eigenvalue weighted by molar-refractivity contribution is 6.03. The lowest BCUT2D eigenvalue weighted by Crippen LogP contribution is -2.52. The van der Waals surface area contributed by atoms with Crippen molar-refractivity contribution in [3.8, 4) is 5.75 Å². The van der Waals surface area contributed by atoms with E-state index in [2.05, 4.69) is 11.8 Å². The molecule has 1 atom stereocenters. The highest BCUT2D eigenvalue weighted by Gasteiger charge is 2.39. The number of carbonyl (C=O) groups is 1. The summed E-state index contributed by atoms with van der Waals surface area (Å²) in [7, 11) is 3.92. The summed E-state index contributed by atoms with van der Waals surface area (Å²) in [6.07, 6.45) is 1.30. The molecule has 0 aromatic heterocycles. The standard InChI is InChI=1S/C23H30N2O3.C2H6/c1-4-23(24(2)3,17-18-5-11-21(26)12-6-18)22(27)19-7-9-20(10-8-19)25-13-15-28-16-14-25;1-2/h5-12,26H,4,13-17H2,1-3H3;1-2H3. The number of aromatic hydroxyl groups is 1. The van der Waals surface area contributed by atoms with Crippen LogP contribution < -0.4 is 4.90 Å². The number of ketones is 1. The molecule has 2 aromatic rings. The van der Waals surface area contributed by atoms with E-state index in [1.807, 2.05) is 69.2 Å². The van der Waals surface area contributed by atoms with Gasteiger partial charge in [-0.3, -0.25) is 9.69 Å². The molecule has 0 saturated carbocycles. The molecule has 5 nitrogen and oxygen atoms in total. The van der Waals surface area contributed by atoms with Crippen LogP contribution in [0, 0.1) is 0 Å². The summed E-state index contributed by atoms with van der Waals surface area (Å²) in [4.78, 5) is 17.9. The maximum atomic E-state index is 13.6. The molecule has 1 aliphatic rings. The number of benzene rings is 2. The molecule has 3 rings (SSSR count). The molecule has 0 spiro atoms. The Morgan fingerprint density at radius 3 is 2.10 bits per heavy atom. The van der Waals surface area contributed by atoms with E-state index in [1.165, 1.54) is 0 Å². The molecule has 1 N–H and O–H groups in total. The molecule has 1 unspecified atom stereocenters. The third-order valence-electron chi connectivity index (χ3n) is 5.80. The van der Waals surface area contributed by atoms with Crippen LogP contribution in [0.2, 0.25) is 0 Å². The number of Topliss-reactive ketones (excluding diaryl/α,β-unsaturated/α-hetero) is 1. The fraction of sp³-hybridized carbons (Fsp3) is 0.480. The Labute approximate surface area is 181 Å². The van der Waals surface area contributed by atoms with Crippen molar-refractivity contribution in [1.29, 1.82) is 0 Å². The van der Waals surface area contributed by atoms with Gasteiger partial charge in [-0.05, 0) is 68.9 Å². The van der Waals surface area contributed by atoms with Gasteiger partial charge >= 0.3 is 0 Å². The lowest BCUT2D eigenvalue weighted by Gasteiger charge is -2.38. The van der Waals surface area contributed by atoms with Crippen molar-refractivity contribution in [3.63, 3.8) is 0 Å². The molecule has 5 heteroatoms. The first-order valence-corrected chi connectivity index (χ1v) is 10.9. The van der Waals surface area contributed by atoms with Gasteiger partial charge < -0.3 is 14.7 Å². The topological polar surface area (TPSA) is 53.0 Å². The van der Waals surface area contributed by atoms with E-state index in [1.54, 1.807) is 12.1 Å². The van der Waals surface area contributed by atoms with Crippen LogP contribution in [0.4, 0.5) is 5.69 Å². The van der Waals surface area contributed by atoms with E-state index >= 15 is 0 Å². The predicted molar refractivity (Wildman–Crippen MR) is 124 cm³/mol. The second-order valence-electron chi connectivity index (χ2n) is 7.60. The van der Waals surface area contributed by atoms with Crippen LogP contribution in [-0.4, -0.2) is 61.7 Å². The number of ether oxygens (including phenoxy) is 1. The van der Waals surface area contributed by atoms with Gasteiger partial charge in [0, 0.05) is 24.3 Å². The van der Waals surface area contributed by atoms with E-state index in [9.17, 15) is 9.90 Å². The van der Waals surface area contributed by atoms with Gasteiger partial charge in [0.05, 0.1) is 18.8 Å². The summed E-state index contributed by atoms with van der Waals surface area (Å²) in [6.45, 7) is 9.30. The van der Waals surface area contributed by atoms with Crippen molar-refractivity contribution < 1.29 is 14.6 Å². The zero-order chi connectivity index (χ0) is 22.1. The summed E-state index contributed by atoms with van der Waals surface area (Å²) in [5.74, 6) is 0.363. The molecule has 1 saturated heterocycles. The van der Waals surface area contributed by atoms with Crippen LogP contribution in [-0.2, 0) is 11.2 Å². The molecular weight excluding hydrogens is 376 g/mol. The number of nitrogens with zero attached hydrogens (tertiary/aromatic N) is 2. The van der Waals surface area contributed by atoms with Gasteiger partial charge in [0.2, 0.25) is 0 Å². The van der Waals surface area contributed by atoms with Crippen LogP contribution in [0.25, 0.3) is 0 Å². The molecule has 1 heterocycles. The van der Waals surface area contributed by atoms with E-state index in [0.717, 1.165) is 43.1 Å². The van der Waals surface area contributed by atoms with E-state index in [4.69, 9.17) is 4.74 Å². The number of likely N-dealkylation sites (N-methyl/N-ethyl adjacent to an activating group) is 1. The van der Waals surface area contributed by atoms with E-state index < -0.39 is 5.54 Å². The van der Waals surface area contributed by atoms with Crippen LogP contribution >= 0.6 is 0 Å². The van der Waals surface area contributed by atoms with Gasteiger partial charge in [0.25, 0.3) is 0 Å². The minimum atomic E-state index is -0.628. The molecule has 30 heavy (non-hydrogen) atoms. The van der Waals surface area contributed by atoms with E-state index in [-0.39, 0.29) is 11.5 Å². The van der Waals surface area contributed by atoms with E-state index in [0.29, 0.717) is 12.8 Å². The fourth-order valence-electron chi connectivity index (χ4n) is 3.91. The maximum absolute atomic E-state index is 13.6. The fourth-order valence-corrected chi connectivity index (χ4v) is 3.91. The largest absolute Gasteiger partial charge is 0.508 e. The zero-order valence-corrected chi connectivity index (χ0v) is 19.0. The number of morpholine rings is 1. The number of anilines is 1. The first-order chi connectivity index (χ1) is 14.5. The minimum Gasteiger partial charge on any atom is -0.508 e. The van der Waals surface area contributed by atoms with Gasteiger partial charge in [-0.2, -0.15) is 0 Å². The molecular formula is C25H36N2O3. The Hall–Kier alpha value is -2.37. The molecule has 0 aliphatic carbocycles. The van der Waals surface area contributed by atoms with Crippen molar-refractivity contribution in [2.24, 2.45) is 0 Å². The van der Waals surface area contributed by atoms with Crippen molar-refractivity contribution in [2.75, 3.05) is 45.3 Å². The van der Waals surface area contributed by atoms with Crippen molar-refractivity contribution in [1.82, 2.24) is 4.90 Å². The Morgan fingerprint density at radius 2 is 1.60 bits per heavy atom. The summed E-state index contributed by atoms with van der Waals surface area (Å²) in [6, 6.07) is 15.1. The number of phenolic OH excluding ortho intramolecular Hbond substituents is 1.